The van der Waals surface area contributed by atoms with E-state index < -0.39 is 0 Å². The van der Waals surface area contributed by atoms with Gasteiger partial charge in [0.05, 0.1) is 17.2 Å². The van der Waals surface area contributed by atoms with E-state index >= 15 is 0 Å². The topological polar surface area (TPSA) is 51.2 Å². The molecule has 2 aromatic heterocycles. The van der Waals surface area contributed by atoms with Gasteiger partial charge in [-0.05, 0) is 54.3 Å². The van der Waals surface area contributed by atoms with Crippen molar-refractivity contribution < 1.29 is 9.53 Å². The zero-order chi connectivity index (χ0) is 16.8. The van der Waals surface area contributed by atoms with Crippen LogP contribution in [0.15, 0.2) is 60.1 Å². The van der Waals surface area contributed by atoms with Crippen LogP contribution >= 0.6 is 11.3 Å². The van der Waals surface area contributed by atoms with E-state index in [-0.39, 0.29) is 5.91 Å². The number of pyridine rings is 1. The fourth-order valence-corrected chi connectivity index (χ4v) is 3.12. The van der Waals surface area contributed by atoms with Crippen LogP contribution in [0.3, 0.4) is 0 Å². The van der Waals surface area contributed by atoms with E-state index in [1.807, 2.05) is 36.6 Å². The van der Waals surface area contributed by atoms with E-state index in [2.05, 4.69) is 10.3 Å². The Bertz CT molecular complexity index is 798. The van der Waals surface area contributed by atoms with Gasteiger partial charge in [-0.2, -0.15) is 0 Å². The van der Waals surface area contributed by atoms with E-state index in [0.29, 0.717) is 18.7 Å². The Morgan fingerprint density at radius 1 is 1.17 bits per heavy atom. The molecule has 4 nitrogen and oxygen atoms in total. The molecular formula is C19H18N2O2S. The first-order valence-corrected chi connectivity index (χ1v) is 8.64. The van der Waals surface area contributed by atoms with Crippen molar-refractivity contribution in [2.75, 3.05) is 6.61 Å². The van der Waals surface area contributed by atoms with Gasteiger partial charge in [-0.25, -0.2) is 0 Å². The zero-order valence-electron chi connectivity index (χ0n) is 13.4. The predicted molar refractivity (Wildman–Crippen MR) is 96.3 cm³/mol. The molecule has 0 fully saturated rings. The summed E-state index contributed by atoms with van der Waals surface area (Å²) in [5.74, 6) is 0.653. The van der Waals surface area contributed by atoms with Crippen molar-refractivity contribution in [3.8, 4) is 16.3 Å². The number of aromatic nitrogens is 1. The molecule has 3 rings (SSSR count). The number of hydrogen-bond acceptors (Lipinski definition) is 4. The van der Waals surface area contributed by atoms with Gasteiger partial charge in [0.15, 0.2) is 0 Å². The van der Waals surface area contributed by atoms with Crippen molar-refractivity contribution in [3.05, 3.63) is 71.2 Å². The van der Waals surface area contributed by atoms with E-state index in [0.717, 1.165) is 21.9 Å². The number of carbonyl (C=O) groups is 1. The van der Waals surface area contributed by atoms with Crippen LogP contribution in [0.5, 0.6) is 5.75 Å². The number of amides is 1. The highest BCUT2D eigenvalue weighted by Gasteiger charge is 2.10. The lowest BCUT2D eigenvalue weighted by atomic mass is 10.1. The Kier molecular flexibility index (Phi) is 5.23. The zero-order valence-corrected chi connectivity index (χ0v) is 14.2. The fourth-order valence-electron chi connectivity index (χ4n) is 2.36. The Hall–Kier alpha value is -2.66. The molecule has 0 unspecified atom stereocenters. The lowest BCUT2D eigenvalue weighted by Crippen LogP contribution is -2.23. The monoisotopic (exact) mass is 338 g/mol. The van der Waals surface area contributed by atoms with Gasteiger partial charge >= 0.3 is 0 Å². The lowest BCUT2D eigenvalue weighted by Gasteiger charge is -2.09. The summed E-state index contributed by atoms with van der Waals surface area (Å²) in [5.41, 5.74) is 2.53. The first-order chi connectivity index (χ1) is 11.8. The molecule has 24 heavy (non-hydrogen) atoms. The minimum absolute atomic E-state index is 0.112. The largest absolute Gasteiger partial charge is 0.494 e. The normalized spacial score (nSPS) is 10.4. The number of nitrogens with one attached hydrogen (secondary N) is 1. The van der Waals surface area contributed by atoms with Crippen LogP contribution in [0.25, 0.3) is 10.6 Å². The first-order valence-electron chi connectivity index (χ1n) is 7.76. The molecular weight excluding hydrogens is 320 g/mol. The maximum absolute atomic E-state index is 12.3. The summed E-state index contributed by atoms with van der Waals surface area (Å²) in [4.78, 5) is 17.9. The highest BCUT2D eigenvalue weighted by molar-refractivity contribution is 7.13. The highest BCUT2D eigenvalue weighted by atomic mass is 32.1. The van der Waals surface area contributed by atoms with Crippen molar-refractivity contribution in [1.29, 1.82) is 0 Å². The van der Waals surface area contributed by atoms with E-state index in [4.69, 9.17) is 4.74 Å². The van der Waals surface area contributed by atoms with Gasteiger partial charge in [-0.3, -0.25) is 9.78 Å². The summed E-state index contributed by atoms with van der Waals surface area (Å²) in [5, 5.41) is 4.97. The maximum atomic E-state index is 12.3. The second kappa shape index (κ2) is 7.75. The van der Waals surface area contributed by atoms with Crippen LogP contribution in [-0.2, 0) is 6.54 Å². The third-order valence-corrected chi connectivity index (χ3v) is 4.39. The molecule has 3 aromatic rings. The van der Waals surface area contributed by atoms with Crippen molar-refractivity contribution in [1.82, 2.24) is 10.3 Å². The van der Waals surface area contributed by atoms with Crippen LogP contribution < -0.4 is 10.1 Å². The van der Waals surface area contributed by atoms with Gasteiger partial charge in [0.1, 0.15) is 5.75 Å². The number of benzene rings is 1. The number of carbonyl (C=O) groups excluding carboxylic acids is 1. The molecule has 0 atom stereocenters. The Morgan fingerprint density at radius 2 is 2.00 bits per heavy atom. The second-order valence-corrected chi connectivity index (χ2v) is 6.08. The van der Waals surface area contributed by atoms with Gasteiger partial charge in [-0.15, -0.1) is 11.3 Å². The molecule has 0 saturated heterocycles. The summed E-state index contributed by atoms with van der Waals surface area (Å²) in [6.45, 7) is 2.98. The van der Waals surface area contributed by atoms with Gasteiger partial charge in [0, 0.05) is 18.3 Å². The standard InChI is InChI=1S/C19H18N2O2S/c1-2-23-16-9-7-14(8-10-16)19(22)21-13-15-5-3-11-20-18(15)17-6-4-12-24-17/h3-12H,2,13H2,1H3,(H,21,22). The fraction of sp³-hybridized carbons (Fsp3) is 0.158. The minimum atomic E-state index is -0.112. The summed E-state index contributed by atoms with van der Waals surface area (Å²) in [6.07, 6.45) is 1.77. The van der Waals surface area contributed by atoms with Crippen LogP contribution in [-0.4, -0.2) is 17.5 Å². The first kappa shape index (κ1) is 16.2. The molecule has 0 radical (unpaired) electrons. The molecule has 0 spiro atoms. The number of hydrogen-bond donors (Lipinski definition) is 1. The molecule has 5 heteroatoms. The smallest absolute Gasteiger partial charge is 0.251 e. The average molecular weight is 338 g/mol. The summed E-state index contributed by atoms with van der Waals surface area (Å²) < 4.78 is 5.39. The predicted octanol–water partition coefficient (Wildman–Crippen LogP) is 4.14. The Morgan fingerprint density at radius 3 is 2.71 bits per heavy atom. The lowest BCUT2D eigenvalue weighted by molar-refractivity contribution is 0.0951. The van der Waals surface area contributed by atoms with Crippen LogP contribution in [0.1, 0.15) is 22.8 Å². The van der Waals surface area contributed by atoms with Crippen molar-refractivity contribution >= 4 is 17.2 Å². The Balaban J connectivity index is 1.69. The molecule has 1 amide bonds. The molecule has 0 aliphatic rings. The molecule has 0 aliphatic carbocycles. The molecule has 1 aromatic carbocycles. The number of nitrogens with zero attached hydrogens (tertiary/aromatic N) is 1. The molecule has 0 bridgehead atoms. The van der Waals surface area contributed by atoms with E-state index in [1.54, 1.807) is 41.8 Å². The maximum Gasteiger partial charge on any atom is 0.251 e. The average Bonchev–Trinajstić information content (AvgIpc) is 3.15. The van der Waals surface area contributed by atoms with Gasteiger partial charge in [-0.1, -0.05) is 12.1 Å². The highest BCUT2D eigenvalue weighted by Crippen LogP contribution is 2.25. The van der Waals surface area contributed by atoms with Crippen molar-refractivity contribution in [2.24, 2.45) is 0 Å². The number of thiophene rings is 1. The van der Waals surface area contributed by atoms with Crippen LogP contribution in [0, 0.1) is 0 Å². The molecule has 122 valence electrons. The number of ether oxygens (including phenoxy) is 1. The van der Waals surface area contributed by atoms with Gasteiger partial charge in [0.2, 0.25) is 0 Å². The summed E-state index contributed by atoms with van der Waals surface area (Å²) in [7, 11) is 0. The second-order valence-electron chi connectivity index (χ2n) is 5.13. The summed E-state index contributed by atoms with van der Waals surface area (Å²) >= 11 is 1.64. The van der Waals surface area contributed by atoms with Crippen molar-refractivity contribution in [3.63, 3.8) is 0 Å². The SMILES string of the molecule is CCOc1ccc(C(=O)NCc2cccnc2-c2cccs2)cc1. The van der Waals surface area contributed by atoms with E-state index in [1.165, 1.54) is 0 Å². The Labute approximate surface area is 145 Å². The third-order valence-electron chi connectivity index (χ3n) is 3.51. The molecule has 0 saturated carbocycles. The molecule has 0 aliphatic heterocycles. The van der Waals surface area contributed by atoms with Crippen LogP contribution in [0.4, 0.5) is 0 Å². The van der Waals surface area contributed by atoms with E-state index in [9.17, 15) is 4.79 Å². The number of rotatable bonds is 6. The molecule has 2 heterocycles. The quantitative estimate of drug-likeness (QED) is 0.735. The minimum Gasteiger partial charge on any atom is -0.494 e. The van der Waals surface area contributed by atoms with Gasteiger partial charge < -0.3 is 10.1 Å². The third kappa shape index (κ3) is 3.81. The summed E-state index contributed by atoms with van der Waals surface area (Å²) in [6, 6.07) is 15.0. The molecule has 1 N–H and O–H groups in total. The van der Waals surface area contributed by atoms with Crippen molar-refractivity contribution in [2.45, 2.75) is 13.5 Å². The van der Waals surface area contributed by atoms with Gasteiger partial charge in [0.25, 0.3) is 5.91 Å². The van der Waals surface area contributed by atoms with Crippen LogP contribution in [0.2, 0.25) is 0 Å².